The van der Waals surface area contributed by atoms with Gasteiger partial charge in [0.15, 0.2) is 5.82 Å². The average molecular weight is 425 g/mol. The number of nitrogens with zero attached hydrogens (tertiary/aromatic N) is 5. The molecule has 2 aliphatic heterocycles. The van der Waals surface area contributed by atoms with Gasteiger partial charge in [0.25, 0.3) is 0 Å². The Bertz CT molecular complexity index is 1190. The van der Waals surface area contributed by atoms with Crippen LogP contribution in [-0.4, -0.2) is 66.4 Å². The topological polar surface area (TPSA) is 50.8 Å². The number of anilines is 1. The minimum atomic E-state index is 0.733. The number of aliphatic imine (C=N–C) groups is 1. The van der Waals surface area contributed by atoms with Gasteiger partial charge in [0, 0.05) is 58.1 Å². The Balaban J connectivity index is 1.18. The Hall–Kier alpha value is -3.56. The lowest BCUT2D eigenvalue weighted by molar-refractivity contribution is 0.300. The van der Waals surface area contributed by atoms with Crippen molar-refractivity contribution in [3.05, 3.63) is 71.2 Å². The molecule has 32 heavy (non-hydrogen) atoms. The SMILES string of the molecule is CN(C)c1ccc(CN2C=NC3=C(C2)CN(CC#Cc2nc4ccccc4[nH]2)CC3)cc1. The van der Waals surface area contributed by atoms with Gasteiger partial charge in [-0.2, -0.15) is 0 Å². The minimum absolute atomic E-state index is 0.733. The third kappa shape index (κ3) is 4.53. The predicted molar refractivity (Wildman–Crippen MR) is 131 cm³/mol. The maximum atomic E-state index is 4.76. The van der Waals surface area contributed by atoms with Crippen LogP contribution in [0, 0.1) is 11.8 Å². The molecule has 6 heteroatoms. The van der Waals surface area contributed by atoms with Crippen LogP contribution in [0.5, 0.6) is 0 Å². The summed E-state index contributed by atoms with van der Waals surface area (Å²) in [7, 11) is 4.13. The molecule has 5 rings (SSSR count). The molecule has 0 spiro atoms. The van der Waals surface area contributed by atoms with Crippen molar-refractivity contribution in [3.63, 3.8) is 0 Å². The fraction of sp³-hybridized carbons (Fsp3) is 0.308. The number of para-hydroxylation sites is 2. The maximum Gasteiger partial charge on any atom is 0.183 e. The molecule has 0 atom stereocenters. The number of nitrogens with one attached hydrogen (secondary N) is 1. The molecule has 6 nitrogen and oxygen atoms in total. The van der Waals surface area contributed by atoms with Gasteiger partial charge in [0.1, 0.15) is 0 Å². The fourth-order valence-corrected chi connectivity index (χ4v) is 4.23. The summed E-state index contributed by atoms with van der Waals surface area (Å²) < 4.78 is 0. The second kappa shape index (κ2) is 8.89. The minimum Gasteiger partial charge on any atom is -0.378 e. The van der Waals surface area contributed by atoms with E-state index in [1.165, 1.54) is 22.5 Å². The first-order valence-electron chi connectivity index (χ1n) is 11.1. The normalized spacial score (nSPS) is 16.1. The first-order chi connectivity index (χ1) is 15.6. The van der Waals surface area contributed by atoms with Crippen LogP contribution in [0.4, 0.5) is 5.69 Å². The molecule has 0 saturated carbocycles. The molecule has 162 valence electrons. The molecule has 0 saturated heterocycles. The number of fused-ring (bicyclic) bond motifs is 1. The molecule has 2 aliphatic rings. The summed E-state index contributed by atoms with van der Waals surface area (Å²) in [5.74, 6) is 7.22. The van der Waals surface area contributed by atoms with Crippen LogP contribution < -0.4 is 4.90 Å². The standard InChI is InChI=1S/C26H28N6/c1-30(2)22-11-9-20(10-12-22)16-32-18-21-17-31(15-13-23(21)27-19-32)14-5-8-26-28-24-6-3-4-7-25(24)29-26/h3-4,6-7,9-12,19H,13-18H2,1-2H3,(H,28,29). The Kier molecular flexibility index (Phi) is 5.66. The fourth-order valence-electron chi connectivity index (χ4n) is 4.23. The third-order valence-electron chi connectivity index (χ3n) is 6.00. The summed E-state index contributed by atoms with van der Waals surface area (Å²) in [6.45, 7) is 4.47. The van der Waals surface area contributed by atoms with Gasteiger partial charge < -0.3 is 14.8 Å². The van der Waals surface area contributed by atoms with Gasteiger partial charge >= 0.3 is 0 Å². The van der Waals surface area contributed by atoms with Crippen molar-refractivity contribution in [1.82, 2.24) is 19.8 Å². The summed E-state index contributed by atoms with van der Waals surface area (Å²) in [4.78, 5) is 19.4. The average Bonchev–Trinajstić information content (AvgIpc) is 3.22. The molecule has 0 unspecified atom stereocenters. The maximum absolute atomic E-state index is 4.76. The molecule has 1 aromatic heterocycles. The van der Waals surface area contributed by atoms with Gasteiger partial charge in [0.2, 0.25) is 0 Å². The summed E-state index contributed by atoms with van der Waals surface area (Å²) in [5.41, 5.74) is 7.18. The van der Waals surface area contributed by atoms with E-state index >= 15 is 0 Å². The van der Waals surface area contributed by atoms with E-state index in [1.54, 1.807) is 0 Å². The van der Waals surface area contributed by atoms with Crippen LogP contribution >= 0.6 is 0 Å². The van der Waals surface area contributed by atoms with Crippen LogP contribution in [-0.2, 0) is 6.54 Å². The van der Waals surface area contributed by atoms with E-state index in [4.69, 9.17) is 4.99 Å². The molecule has 0 fully saturated rings. The summed E-state index contributed by atoms with van der Waals surface area (Å²) in [5, 5.41) is 0. The quantitative estimate of drug-likeness (QED) is 0.652. The predicted octanol–water partition coefficient (Wildman–Crippen LogP) is 3.48. The number of H-pyrrole nitrogens is 1. The van der Waals surface area contributed by atoms with Crippen molar-refractivity contribution in [1.29, 1.82) is 0 Å². The van der Waals surface area contributed by atoms with Crippen LogP contribution in [0.25, 0.3) is 11.0 Å². The number of rotatable bonds is 4. The lowest BCUT2D eigenvalue weighted by Crippen LogP contribution is -2.38. The molecule has 0 aliphatic carbocycles. The van der Waals surface area contributed by atoms with Gasteiger partial charge in [-0.15, -0.1) is 0 Å². The number of hydrogen-bond donors (Lipinski definition) is 1. The van der Waals surface area contributed by atoms with E-state index in [9.17, 15) is 0 Å². The molecule has 3 heterocycles. The zero-order valence-electron chi connectivity index (χ0n) is 18.7. The molecule has 2 aromatic carbocycles. The highest BCUT2D eigenvalue weighted by atomic mass is 15.2. The van der Waals surface area contributed by atoms with Gasteiger partial charge in [-0.25, -0.2) is 9.98 Å². The third-order valence-corrected chi connectivity index (χ3v) is 6.00. The van der Waals surface area contributed by atoms with Gasteiger partial charge in [0.05, 0.1) is 23.9 Å². The largest absolute Gasteiger partial charge is 0.378 e. The van der Waals surface area contributed by atoms with E-state index in [0.29, 0.717) is 0 Å². The highest BCUT2D eigenvalue weighted by Crippen LogP contribution is 2.23. The first-order valence-corrected chi connectivity index (χ1v) is 11.1. The van der Waals surface area contributed by atoms with Crippen molar-refractivity contribution < 1.29 is 0 Å². The summed E-state index contributed by atoms with van der Waals surface area (Å²) >= 11 is 0. The van der Waals surface area contributed by atoms with Gasteiger partial charge in [-0.3, -0.25) is 4.90 Å². The van der Waals surface area contributed by atoms with E-state index in [1.807, 2.05) is 30.6 Å². The van der Waals surface area contributed by atoms with Crippen LogP contribution in [0.1, 0.15) is 17.8 Å². The van der Waals surface area contributed by atoms with Crippen LogP contribution in [0.2, 0.25) is 0 Å². The first kappa shape index (κ1) is 20.3. The summed E-state index contributed by atoms with van der Waals surface area (Å²) in [6, 6.07) is 16.8. The number of aromatic nitrogens is 2. The van der Waals surface area contributed by atoms with Crippen molar-refractivity contribution in [2.24, 2.45) is 4.99 Å². The highest BCUT2D eigenvalue weighted by molar-refractivity contribution is 5.75. The number of hydrogen-bond acceptors (Lipinski definition) is 5. The smallest absolute Gasteiger partial charge is 0.183 e. The molecule has 0 radical (unpaired) electrons. The number of benzene rings is 2. The van der Waals surface area contributed by atoms with Gasteiger partial charge in [-0.05, 0) is 41.3 Å². The zero-order chi connectivity index (χ0) is 21.9. The Morgan fingerprint density at radius 1 is 1.06 bits per heavy atom. The van der Waals surface area contributed by atoms with E-state index in [2.05, 4.69) is 74.9 Å². The Labute approximate surface area is 189 Å². The van der Waals surface area contributed by atoms with E-state index in [-0.39, 0.29) is 0 Å². The molecule has 0 bridgehead atoms. The molecule has 0 amide bonds. The molecular formula is C26H28N6. The lowest BCUT2D eigenvalue weighted by Gasteiger charge is -2.33. The zero-order valence-corrected chi connectivity index (χ0v) is 18.7. The van der Waals surface area contributed by atoms with Crippen molar-refractivity contribution in [3.8, 4) is 11.8 Å². The number of imidazole rings is 1. The monoisotopic (exact) mass is 424 g/mol. The van der Waals surface area contributed by atoms with E-state index < -0.39 is 0 Å². The van der Waals surface area contributed by atoms with E-state index in [0.717, 1.165) is 56.0 Å². The second-order valence-corrected chi connectivity index (χ2v) is 8.63. The second-order valence-electron chi connectivity index (χ2n) is 8.63. The van der Waals surface area contributed by atoms with Crippen molar-refractivity contribution in [2.75, 3.05) is 45.2 Å². The highest BCUT2D eigenvalue weighted by Gasteiger charge is 2.22. The van der Waals surface area contributed by atoms with Crippen LogP contribution in [0.3, 0.4) is 0 Å². The molecular weight excluding hydrogens is 396 g/mol. The molecule has 1 N–H and O–H groups in total. The Morgan fingerprint density at radius 3 is 2.72 bits per heavy atom. The number of aromatic amines is 1. The van der Waals surface area contributed by atoms with Crippen molar-refractivity contribution in [2.45, 2.75) is 13.0 Å². The van der Waals surface area contributed by atoms with Crippen molar-refractivity contribution >= 4 is 23.1 Å². The molecule has 3 aromatic rings. The summed E-state index contributed by atoms with van der Waals surface area (Å²) in [6.07, 6.45) is 3.00. The Morgan fingerprint density at radius 2 is 1.91 bits per heavy atom. The van der Waals surface area contributed by atoms with Gasteiger partial charge in [-0.1, -0.05) is 30.2 Å². The van der Waals surface area contributed by atoms with Crippen LogP contribution in [0.15, 0.2) is 64.8 Å². The lowest BCUT2D eigenvalue weighted by atomic mass is 10.0.